The van der Waals surface area contributed by atoms with Crippen molar-refractivity contribution in [2.75, 3.05) is 6.54 Å². The third-order valence-corrected chi connectivity index (χ3v) is 11.5. The van der Waals surface area contributed by atoms with Gasteiger partial charge in [0.05, 0.1) is 23.7 Å². The highest BCUT2D eigenvalue weighted by Crippen LogP contribution is 2.59. The van der Waals surface area contributed by atoms with E-state index in [-0.39, 0.29) is 47.8 Å². The fourth-order valence-corrected chi connectivity index (χ4v) is 8.38. The van der Waals surface area contributed by atoms with Crippen molar-refractivity contribution < 1.29 is 19.2 Å². The number of nitrogens with zero attached hydrogens (tertiary/aromatic N) is 6. The largest absolute Gasteiger partial charge is 0.355 e. The molecule has 8 rings (SSSR count). The van der Waals surface area contributed by atoms with Gasteiger partial charge in [0.2, 0.25) is 11.8 Å². The van der Waals surface area contributed by atoms with Gasteiger partial charge < -0.3 is 10.2 Å². The van der Waals surface area contributed by atoms with Gasteiger partial charge in [-0.1, -0.05) is 18.9 Å². The first kappa shape index (κ1) is 33.3. The van der Waals surface area contributed by atoms with E-state index in [0.29, 0.717) is 48.6 Å². The molecule has 1 unspecified atom stereocenters. The molecule has 2 amide bonds. The van der Waals surface area contributed by atoms with E-state index < -0.39 is 6.04 Å². The SMILES string of the molecule is CC(=O)c1nn2c3c(cc(-c4cnc(C)nc4)cc13)CCCCCCC(=O)NC[C@@]13CC(C(=O)Cc4nc(C5CC5)ccc4C)N(C(=O)C2)[C@@H]1C3. The van der Waals surface area contributed by atoms with Gasteiger partial charge in [-0.2, -0.15) is 5.10 Å². The highest BCUT2D eigenvalue weighted by molar-refractivity contribution is 6.07. The number of aromatic nitrogens is 5. The van der Waals surface area contributed by atoms with E-state index in [9.17, 15) is 19.2 Å². The number of carbonyl (C=O) groups excluding carboxylic acids is 4. The van der Waals surface area contributed by atoms with Crippen molar-refractivity contribution in [1.29, 1.82) is 0 Å². The van der Waals surface area contributed by atoms with Crippen LogP contribution in [0.5, 0.6) is 0 Å². The van der Waals surface area contributed by atoms with Crippen LogP contribution in [0, 0.1) is 19.3 Å². The average Bonchev–Trinajstić information content (AvgIpc) is 4.02. The molecule has 5 heterocycles. The Balaban J connectivity index is 1.17. The van der Waals surface area contributed by atoms with Crippen LogP contribution < -0.4 is 5.32 Å². The van der Waals surface area contributed by atoms with Gasteiger partial charge in [0.1, 0.15) is 18.1 Å². The molecule has 1 N–H and O–H groups in total. The molecule has 3 fully saturated rings. The molecule has 1 aromatic carbocycles. The summed E-state index contributed by atoms with van der Waals surface area (Å²) in [6.07, 6.45) is 11.9. The third kappa shape index (κ3) is 6.47. The molecule has 11 nitrogen and oxygen atoms in total. The van der Waals surface area contributed by atoms with Gasteiger partial charge in [0.25, 0.3) is 0 Å². The highest BCUT2D eigenvalue weighted by atomic mass is 16.2. The maximum atomic E-state index is 14.6. The maximum Gasteiger partial charge on any atom is 0.245 e. The van der Waals surface area contributed by atoms with Gasteiger partial charge in [0, 0.05) is 66.3 Å². The Labute approximate surface area is 297 Å². The summed E-state index contributed by atoms with van der Waals surface area (Å²) in [6, 6.07) is 7.39. The fraction of sp³-hybridized carbons (Fsp3) is 0.500. The molecular weight excluding hydrogens is 642 g/mol. The number of ketones is 2. The Morgan fingerprint density at radius 1 is 0.961 bits per heavy atom. The summed E-state index contributed by atoms with van der Waals surface area (Å²) in [7, 11) is 0. The standard InChI is InChI=1S/C40H45N7O4/c1-23-10-13-31(26-11-12-26)44-32(23)16-34(49)33-17-40-18-35(40)47(33)37(51)21-46-39-27(8-6-4-5-7-9-36(50)43-22-40)14-28(29-19-41-25(3)42-20-29)15-30(39)38(45-46)24(2)48/h10,13-15,19-20,26,33,35H,4-9,11-12,16-18,21-22H2,1-3H3,(H,43,50)/t33?,35-,40+/m1/s1. The molecule has 4 aromatic rings. The number of aryl methyl sites for hydroxylation is 3. The fourth-order valence-electron chi connectivity index (χ4n) is 8.38. The van der Waals surface area contributed by atoms with E-state index >= 15 is 0 Å². The smallest absolute Gasteiger partial charge is 0.245 e. The normalized spacial score (nSPS) is 23.9. The van der Waals surface area contributed by atoms with Crippen LogP contribution in [0.3, 0.4) is 0 Å². The van der Waals surface area contributed by atoms with Crippen molar-refractivity contribution in [2.24, 2.45) is 5.41 Å². The molecule has 3 aromatic heterocycles. The lowest BCUT2D eigenvalue weighted by molar-refractivity contribution is -0.139. The number of rotatable bonds is 6. The molecule has 2 aliphatic heterocycles. The van der Waals surface area contributed by atoms with Crippen LogP contribution in [0.2, 0.25) is 0 Å². The van der Waals surface area contributed by atoms with Crippen LogP contribution in [0.4, 0.5) is 0 Å². The van der Waals surface area contributed by atoms with Gasteiger partial charge in [-0.3, -0.25) is 28.8 Å². The molecular formula is C40H45N7O4. The molecule has 2 saturated carbocycles. The van der Waals surface area contributed by atoms with Gasteiger partial charge in [-0.05, 0) is 93.7 Å². The van der Waals surface area contributed by atoms with E-state index in [0.717, 1.165) is 84.1 Å². The predicted molar refractivity (Wildman–Crippen MR) is 191 cm³/mol. The van der Waals surface area contributed by atoms with E-state index in [2.05, 4.69) is 33.5 Å². The minimum atomic E-state index is -0.625. The molecule has 3 atom stereocenters. The van der Waals surface area contributed by atoms with Crippen molar-refractivity contribution in [3.8, 4) is 11.1 Å². The number of Topliss-reactive ketones (excluding diaryl/α,β-unsaturated/α-hetero) is 2. The van der Waals surface area contributed by atoms with E-state index in [4.69, 9.17) is 10.1 Å². The van der Waals surface area contributed by atoms with Crippen LogP contribution in [0.25, 0.3) is 22.0 Å². The number of hydrogen-bond acceptors (Lipinski definition) is 8. The van der Waals surface area contributed by atoms with Gasteiger partial charge in [-0.25, -0.2) is 9.97 Å². The van der Waals surface area contributed by atoms with E-state index in [1.807, 2.05) is 19.9 Å². The van der Waals surface area contributed by atoms with Crippen LogP contribution in [-0.2, 0) is 33.8 Å². The molecule has 264 valence electrons. The van der Waals surface area contributed by atoms with Gasteiger partial charge in [-0.15, -0.1) is 0 Å². The van der Waals surface area contributed by atoms with Crippen molar-refractivity contribution >= 4 is 34.3 Å². The summed E-state index contributed by atoms with van der Waals surface area (Å²) in [4.78, 5) is 70.2. The Morgan fingerprint density at radius 2 is 1.73 bits per heavy atom. The third-order valence-electron chi connectivity index (χ3n) is 11.5. The molecule has 4 aliphatic rings. The Hall–Kier alpha value is -4.80. The Kier molecular flexibility index (Phi) is 8.55. The van der Waals surface area contributed by atoms with Gasteiger partial charge >= 0.3 is 0 Å². The number of hydrogen-bond donors (Lipinski definition) is 1. The lowest BCUT2D eigenvalue weighted by Crippen LogP contribution is -2.45. The van der Waals surface area contributed by atoms with Crippen molar-refractivity contribution in [3.63, 3.8) is 0 Å². The maximum absolute atomic E-state index is 14.6. The highest BCUT2D eigenvalue weighted by Gasteiger charge is 2.66. The van der Waals surface area contributed by atoms with Crippen LogP contribution in [0.15, 0.2) is 36.7 Å². The van der Waals surface area contributed by atoms with Crippen LogP contribution >= 0.6 is 0 Å². The molecule has 11 heteroatoms. The summed E-state index contributed by atoms with van der Waals surface area (Å²) in [5, 5.41) is 8.63. The minimum absolute atomic E-state index is 0.0235. The van der Waals surface area contributed by atoms with Crippen LogP contribution in [-0.4, -0.2) is 71.6 Å². The van der Waals surface area contributed by atoms with E-state index in [1.165, 1.54) is 6.92 Å². The van der Waals surface area contributed by atoms with E-state index in [1.54, 1.807) is 22.0 Å². The summed E-state index contributed by atoms with van der Waals surface area (Å²) in [5.74, 6) is 0.754. The second-order valence-corrected chi connectivity index (χ2v) is 15.3. The summed E-state index contributed by atoms with van der Waals surface area (Å²) in [5.41, 5.74) is 6.26. The topological polar surface area (TPSA) is 140 Å². The number of benzene rings is 1. The molecule has 0 radical (unpaired) electrons. The lowest BCUT2D eigenvalue weighted by atomic mass is 9.94. The summed E-state index contributed by atoms with van der Waals surface area (Å²) >= 11 is 0. The number of carbonyl (C=O) groups is 4. The zero-order chi connectivity index (χ0) is 35.4. The number of piperidine rings is 1. The van der Waals surface area contributed by atoms with Gasteiger partial charge in [0.15, 0.2) is 11.6 Å². The quantitative estimate of drug-likeness (QED) is 0.267. The number of pyridine rings is 1. The zero-order valence-electron chi connectivity index (χ0n) is 29.7. The van der Waals surface area contributed by atoms with Crippen molar-refractivity contribution in [2.45, 2.75) is 116 Å². The molecule has 2 bridgehead atoms. The summed E-state index contributed by atoms with van der Waals surface area (Å²) < 4.78 is 1.69. The number of amides is 2. The van der Waals surface area contributed by atoms with Crippen molar-refractivity contribution in [1.82, 2.24) is 34.9 Å². The Morgan fingerprint density at radius 3 is 2.47 bits per heavy atom. The second-order valence-electron chi connectivity index (χ2n) is 15.3. The average molecular weight is 688 g/mol. The molecule has 51 heavy (non-hydrogen) atoms. The Bertz CT molecular complexity index is 2070. The minimum Gasteiger partial charge on any atom is -0.355 e. The molecule has 2 aliphatic carbocycles. The first-order chi connectivity index (χ1) is 24.6. The van der Waals surface area contributed by atoms with Crippen LogP contribution in [0.1, 0.15) is 109 Å². The second kappa shape index (κ2) is 13.1. The predicted octanol–water partition coefficient (Wildman–Crippen LogP) is 5.38. The first-order valence-corrected chi connectivity index (χ1v) is 18.5. The molecule has 1 saturated heterocycles. The molecule has 0 spiro atoms. The number of nitrogens with one attached hydrogen (secondary N) is 1. The monoisotopic (exact) mass is 687 g/mol. The lowest BCUT2D eigenvalue weighted by Gasteiger charge is -2.27. The summed E-state index contributed by atoms with van der Waals surface area (Å²) in [6.45, 7) is 5.68. The first-order valence-electron chi connectivity index (χ1n) is 18.5. The zero-order valence-corrected chi connectivity index (χ0v) is 29.7. The van der Waals surface area contributed by atoms with Crippen molar-refractivity contribution in [3.05, 3.63) is 70.7 Å².